The second kappa shape index (κ2) is 8.68. The van der Waals surface area contributed by atoms with Crippen molar-refractivity contribution < 1.29 is 22.4 Å². The molecule has 1 aromatic carbocycles. The molecule has 1 fully saturated rings. The first-order valence-electron chi connectivity index (χ1n) is 9.10. The van der Waals surface area contributed by atoms with Crippen molar-refractivity contribution in [3.63, 3.8) is 0 Å². The van der Waals surface area contributed by atoms with Crippen LogP contribution in [0.4, 0.5) is 17.6 Å². The number of aromatic nitrogens is 1. The van der Waals surface area contributed by atoms with Crippen LogP contribution in [0.5, 0.6) is 0 Å². The normalized spacial score (nSPS) is 17.4. The lowest BCUT2D eigenvalue weighted by Gasteiger charge is -2.25. The fraction of sp³-hybridized carbons (Fsp3) is 0.400. The predicted molar refractivity (Wildman–Crippen MR) is 95.5 cm³/mol. The Labute approximate surface area is 160 Å². The number of hydrogen-bond acceptors (Lipinski definition) is 3. The minimum absolute atomic E-state index is 0.114. The van der Waals surface area contributed by atoms with Crippen molar-refractivity contribution in [2.75, 3.05) is 6.54 Å². The van der Waals surface area contributed by atoms with Gasteiger partial charge in [0.2, 0.25) is 5.91 Å². The summed E-state index contributed by atoms with van der Waals surface area (Å²) in [7, 11) is 0. The van der Waals surface area contributed by atoms with E-state index in [-0.39, 0.29) is 24.1 Å². The number of carbonyl (C=O) groups excluding carboxylic acids is 1. The first kappa shape index (κ1) is 20.3. The van der Waals surface area contributed by atoms with Crippen molar-refractivity contribution in [2.24, 2.45) is 0 Å². The van der Waals surface area contributed by atoms with Crippen LogP contribution in [0.2, 0.25) is 0 Å². The van der Waals surface area contributed by atoms with E-state index in [1.165, 1.54) is 4.90 Å². The van der Waals surface area contributed by atoms with E-state index >= 15 is 0 Å². The quantitative estimate of drug-likeness (QED) is 0.571. The van der Waals surface area contributed by atoms with Crippen molar-refractivity contribution in [1.29, 1.82) is 0 Å². The zero-order valence-corrected chi connectivity index (χ0v) is 15.2. The van der Waals surface area contributed by atoms with Gasteiger partial charge in [0, 0.05) is 37.3 Å². The molecule has 2 aromatic rings. The third-order valence-electron chi connectivity index (χ3n) is 4.85. The van der Waals surface area contributed by atoms with Gasteiger partial charge in [0.1, 0.15) is 5.82 Å². The molecule has 0 spiro atoms. The molecule has 8 heteroatoms. The summed E-state index contributed by atoms with van der Waals surface area (Å²) in [5.41, 5.74) is -0.131. The van der Waals surface area contributed by atoms with Gasteiger partial charge in [0.25, 0.3) is 0 Å². The minimum Gasteiger partial charge on any atom is -0.335 e. The summed E-state index contributed by atoms with van der Waals surface area (Å²) in [6.45, 7) is 1.05. The van der Waals surface area contributed by atoms with E-state index in [4.69, 9.17) is 0 Å². The first-order valence-corrected chi connectivity index (χ1v) is 9.10. The van der Waals surface area contributed by atoms with Gasteiger partial charge in [0.05, 0.1) is 11.3 Å². The number of rotatable bonds is 7. The maximum absolute atomic E-state index is 14.0. The Balaban J connectivity index is 1.60. The number of carbonyl (C=O) groups is 1. The molecule has 0 saturated carbocycles. The molecule has 1 N–H and O–H groups in total. The summed E-state index contributed by atoms with van der Waals surface area (Å²) in [6.07, 6.45) is -1.26. The standard InChI is InChI=1S/C20H21F4N3O/c21-18-6-4-15(20(22,23)24)11-14(18)13-27-17(5-7-19(27)28)8-10-25-12-16-3-1-2-9-26-16/h1-4,6,9,11,17,25H,5,7-8,10,12-13H2. The van der Waals surface area contributed by atoms with E-state index < -0.39 is 17.6 Å². The molecule has 1 aliphatic heterocycles. The number of pyridine rings is 1. The van der Waals surface area contributed by atoms with Gasteiger partial charge < -0.3 is 10.2 Å². The molecule has 0 bridgehead atoms. The van der Waals surface area contributed by atoms with Gasteiger partial charge in [-0.25, -0.2) is 4.39 Å². The van der Waals surface area contributed by atoms with Gasteiger partial charge in [-0.05, 0) is 49.7 Å². The fourth-order valence-electron chi connectivity index (χ4n) is 3.35. The SMILES string of the molecule is O=C1CCC(CCNCc2ccccn2)N1Cc1cc(C(F)(F)F)ccc1F. The number of likely N-dealkylation sites (tertiary alicyclic amines) is 1. The molecular formula is C20H21F4N3O. The molecule has 1 amide bonds. The van der Waals surface area contributed by atoms with E-state index in [9.17, 15) is 22.4 Å². The summed E-state index contributed by atoms with van der Waals surface area (Å²) in [5, 5.41) is 3.24. The minimum atomic E-state index is -4.55. The van der Waals surface area contributed by atoms with Gasteiger partial charge in [-0.2, -0.15) is 13.2 Å². The zero-order valence-electron chi connectivity index (χ0n) is 15.2. The van der Waals surface area contributed by atoms with Crippen molar-refractivity contribution in [3.05, 3.63) is 65.2 Å². The van der Waals surface area contributed by atoms with Crippen LogP contribution >= 0.6 is 0 Å². The topological polar surface area (TPSA) is 45.2 Å². The highest BCUT2D eigenvalue weighted by atomic mass is 19.4. The Kier molecular flexibility index (Phi) is 6.28. The van der Waals surface area contributed by atoms with Gasteiger partial charge in [-0.15, -0.1) is 0 Å². The summed E-state index contributed by atoms with van der Waals surface area (Å²) in [5.74, 6) is -0.897. The van der Waals surface area contributed by atoms with Gasteiger partial charge >= 0.3 is 6.18 Å². The summed E-state index contributed by atoms with van der Waals surface area (Å²) < 4.78 is 52.7. The number of halogens is 4. The Hall–Kier alpha value is -2.48. The van der Waals surface area contributed by atoms with Crippen LogP contribution < -0.4 is 5.32 Å². The smallest absolute Gasteiger partial charge is 0.335 e. The van der Waals surface area contributed by atoms with Crippen LogP contribution in [0, 0.1) is 5.82 Å². The molecule has 1 atom stereocenters. The van der Waals surface area contributed by atoms with Crippen LogP contribution in [0.25, 0.3) is 0 Å². The van der Waals surface area contributed by atoms with Crippen molar-refractivity contribution in [2.45, 2.75) is 44.6 Å². The van der Waals surface area contributed by atoms with Crippen LogP contribution in [-0.2, 0) is 24.1 Å². The molecule has 1 aliphatic rings. The lowest BCUT2D eigenvalue weighted by molar-refractivity contribution is -0.137. The van der Waals surface area contributed by atoms with Crippen molar-refractivity contribution in [1.82, 2.24) is 15.2 Å². The lowest BCUT2D eigenvalue weighted by Crippen LogP contribution is -2.35. The molecule has 0 aliphatic carbocycles. The fourth-order valence-corrected chi connectivity index (χ4v) is 3.35. The molecule has 1 saturated heterocycles. The second-order valence-electron chi connectivity index (χ2n) is 6.80. The highest BCUT2D eigenvalue weighted by Crippen LogP contribution is 2.31. The zero-order chi connectivity index (χ0) is 20.1. The largest absolute Gasteiger partial charge is 0.416 e. The Morgan fingerprint density at radius 2 is 2.04 bits per heavy atom. The number of amides is 1. The van der Waals surface area contributed by atoms with E-state index in [0.717, 1.165) is 17.8 Å². The van der Waals surface area contributed by atoms with Gasteiger partial charge in [0.15, 0.2) is 0 Å². The average molecular weight is 395 g/mol. The van der Waals surface area contributed by atoms with Crippen LogP contribution in [0.15, 0.2) is 42.6 Å². The number of nitrogens with one attached hydrogen (secondary N) is 1. The molecule has 28 heavy (non-hydrogen) atoms. The van der Waals surface area contributed by atoms with Gasteiger partial charge in [-0.1, -0.05) is 6.07 Å². The number of hydrogen-bond donors (Lipinski definition) is 1. The van der Waals surface area contributed by atoms with Crippen LogP contribution in [0.1, 0.15) is 36.1 Å². The molecular weight excluding hydrogens is 374 g/mol. The average Bonchev–Trinajstić information content (AvgIpc) is 3.00. The van der Waals surface area contributed by atoms with Crippen molar-refractivity contribution in [3.8, 4) is 0 Å². The lowest BCUT2D eigenvalue weighted by atomic mass is 10.1. The molecule has 0 radical (unpaired) electrons. The summed E-state index contributed by atoms with van der Waals surface area (Å²) >= 11 is 0. The number of alkyl halides is 3. The maximum Gasteiger partial charge on any atom is 0.416 e. The summed E-state index contributed by atoms with van der Waals surface area (Å²) in [6, 6.07) is 7.80. The Morgan fingerprint density at radius 3 is 2.75 bits per heavy atom. The van der Waals surface area contributed by atoms with E-state index in [1.807, 2.05) is 18.2 Å². The second-order valence-corrected chi connectivity index (χ2v) is 6.80. The molecule has 2 heterocycles. The van der Waals surface area contributed by atoms with E-state index in [1.54, 1.807) is 6.20 Å². The summed E-state index contributed by atoms with van der Waals surface area (Å²) in [4.78, 5) is 17.9. The molecule has 1 unspecified atom stereocenters. The maximum atomic E-state index is 14.0. The first-order chi connectivity index (χ1) is 13.3. The molecule has 1 aromatic heterocycles. The van der Waals surface area contributed by atoms with E-state index in [0.29, 0.717) is 38.4 Å². The molecule has 3 rings (SSSR count). The Morgan fingerprint density at radius 1 is 1.21 bits per heavy atom. The third kappa shape index (κ3) is 5.07. The Bertz CT molecular complexity index is 811. The van der Waals surface area contributed by atoms with Crippen LogP contribution in [-0.4, -0.2) is 28.4 Å². The molecule has 4 nitrogen and oxygen atoms in total. The highest BCUT2D eigenvalue weighted by molar-refractivity contribution is 5.78. The molecule has 150 valence electrons. The monoisotopic (exact) mass is 395 g/mol. The van der Waals surface area contributed by atoms with Gasteiger partial charge in [-0.3, -0.25) is 9.78 Å². The van der Waals surface area contributed by atoms with Crippen LogP contribution in [0.3, 0.4) is 0 Å². The third-order valence-corrected chi connectivity index (χ3v) is 4.85. The van der Waals surface area contributed by atoms with Crippen molar-refractivity contribution >= 4 is 5.91 Å². The predicted octanol–water partition coefficient (Wildman–Crippen LogP) is 3.91. The number of nitrogens with zero attached hydrogens (tertiary/aromatic N) is 2. The number of benzene rings is 1. The highest BCUT2D eigenvalue weighted by Gasteiger charge is 2.33. The van der Waals surface area contributed by atoms with E-state index in [2.05, 4.69) is 10.3 Å².